The van der Waals surface area contributed by atoms with Crippen molar-refractivity contribution in [2.45, 2.75) is 12.5 Å². The zero-order valence-electron chi connectivity index (χ0n) is 7.58. The lowest BCUT2D eigenvalue weighted by Crippen LogP contribution is -2.32. The lowest BCUT2D eigenvalue weighted by atomic mass is 10.2. The lowest BCUT2D eigenvalue weighted by molar-refractivity contribution is -0.138. The maximum Gasteiger partial charge on any atom is 0.320 e. The van der Waals surface area contributed by atoms with Gasteiger partial charge in [0.1, 0.15) is 6.04 Å². The van der Waals surface area contributed by atoms with Crippen molar-refractivity contribution in [3.8, 4) is 0 Å². The van der Waals surface area contributed by atoms with Crippen LogP contribution in [0, 0.1) is 0 Å². The third-order valence-electron chi connectivity index (χ3n) is 1.66. The minimum Gasteiger partial charge on any atom is -0.480 e. The molecule has 5 nitrogen and oxygen atoms in total. The highest BCUT2D eigenvalue weighted by Crippen LogP contribution is 1.99. The number of nitrogens with two attached hydrogens (primary N) is 1. The molecule has 0 aromatic carbocycles. The van der Waals surface area contributed by atoms with Gasteiger partial charge in [-0.1, -0.05) is 0 Å². The first-order valence-corrected chi connectivity index (χ1v) is 3.55. The van der Waals surface area contributed by atoms with Crippen molar-refractivity contribution in [2.75, 3.05) is 0 Å². The Morgan fingerprint density at radius 3 is 2.64 bits per heavy atom. The van der Waals surface area contributed by atoms with Crippen molar-refractivity contribution >= 4 is 30.8 Å². The monoisotopic (exact) mass is 241 g/mol. The van der Waals surface area contributed by atoms with Gasteiger partial charge in [0.05, 0.1) is 6.33 Å². The number of nitrogens with zero attached hydrogens (tertiary/aromatic N) is 2. The maximum atomic E-state index is 10.4. The molecular formula is C7H13Cl2N3O2. The summed E-state index contributed by atoms with van der Waals surface area (Å²) in [6, 6.07) is -0.847. The standard InChI is InChI=1S/C7H11N3O2.2ClH/c1-10-4-9-3-5(10)2-6(8)7(11)12;;/h3-4,6H,2,8H2,1H3,(H,11,12);2*1H. The molecule has 3 N–H and O–H groups in total. The molecule has 1 unspecified atom stereocenters. The zero-order chi connectivity index (χ0) is 9.14. The molecule has 82 valence electrons. The van der Waals surface area contributed by atoms with Crippen molar-refractivity contribution < 1.29 is 9.90 Å². The van der Waals surface area contributed by atoms with Crippen LogP contribution in [0.25, 0.3) is 0 Å². The normalized spacial score (nSPS) is 11.0. The summed E-state index contributed by atoms with van der Waals surface area (Å²) in [7, 11) is 1.80. The van der Waals surface area contributed by atoms with Crippen molar-refractivity contribution in [3.63, 3.8) is 0 Å². The summed E-state index contributed by atoms with van der Waals surface area (Å²) < 4.78 is 1.75. The molecule has 14 heavy (non-hydrogen) atoms. The minimum absolute atomic E-state index is 0. The van der Waals surface area contributed by atoms with E-state index in [1.54, 1.807) is 24.1 Å². The number of carboxylic acids is 1. The third-order valence-corrected chi connectivity index (χ3v) is 1.66. The van der Waals surface area contributed by atoms with E-state index < -0.39 is 12.0 Å². The number of hydrogen-bond acceptors (Lipinski definition) is 3. The Morgan fingerprint density at radius 2 is 2.29 bits per heavy atom. The second kappa shape index (κ2) is 6.64. The van der Waals surface area contributed by atoms with Crippen LogP contribution < -0.4 is 5.73 Å². The highest BCUT2D eigenvalue weighted by molar-refractivity contribution is 5.85. The van der Waals surface area contributed by atoms with Crippen LogP contribution in [0.2, 0.25) is 0 Å². The van der Waals surface area contributed by atoms with E-state index in [4.69, 9.17) is 10.8 Å². The van der Waals surface area contributed by atoms with E-state index in [0.717, 1.165) is 5.69 Å². The number of imidazole rings is 1. The van der Waals surface area contributed by atoms with Crippen molar-refractivity contribution in [3.05, 3.63) is 18.2 Å². The second-order valence-electron chi connectivity index (χ2n) is 2.64. The molecule has 1 atom stereocenters. The van der Waals surface area contributed by atoms with E-state index in [1.165, 1.54) is 0 Å². The first kappa shape index (κ1) is 15.7. The van der Waals surface area contributed by atoms with Gasteiger partial charge in [0.25, 0.3) is 0 Å². The van der Waals surface area contributed by atoms with Crippen LogP contribution in [0.3, 0.4) is 0 Å². The Kier molecular flexibility index (Phi) is 7.44. The summed E-state index contributed by atoms with van der Waals surface area (Å²) in [6.45, 7) is 0. The smallest absolute Gasteiger partial charge is 0.320 e. The first-order chi connectivity index (χ1) is 5.61. The van der Waals surface area contributed by atoms with Gasteiger partial charge in [0.2, 0.25) is 0 Å². The van der Waals surface area contributed by atoms with Crippen LogP contribution in [-0.4, -0.2) is 26.7 Å². The van der Waals surface area contributed by atoms with E-state index in [-0.39, 0.29) is 24.8 Å². The lowest BCUT2D eigenvalue weighted by Gasteiger charge is -2.05. The predicted molar refractivity (Wildman–Crippen MR) is 57.0 cm³/mol. The van der Waals surface area contributed by atoms with Crippen LogP contribution in [0.15, 0.2) is 12.5 Å². The van der Waals surface area contributed by atoms with E-state index >= 15 is 0 Å². The molecule has 0 aliphatic heterocycles. The van der Waals surface area contributed by atoms with Crippen molar-refractivity contribution in [1.82, 2.24) is 9.55 Å². The van der Waals surface area contributed by atoms with Crippen LogP contribution in [0.4, 0.5) is 0 Å². The van der Waals surface area contributed by atoms with Gasteiger partial charge in [0.15, 0.2) is 0 Å². The zero-order valence-corrected chi connectivity index (χ0v) is 9.22. The summed E-state index contributed by atoms with van der Waals surface area (Å²) in [5.41, 5.74) is 6.16. The van der Waals surface area contributed by atoms with Crippen LogP contribution >= 0.6 is 24.8 Å². The molecular weight excluding hydrogens is 229 g/mol. The fourth-order valence-electron chi connectivity index (χ4n) is 0.894. The van der Waals surface area contributed by atoms with Crippen LogP contribution in [0.5, 0.6) is 0 Å². The summed E-state index contributed by atoms with van der Waals surface area (Å²) in [4.78, 5) is 14.2. The van der Waals surface area contributed by atoms with Gasteiger partial charge < -0.3 is 15.4 Å². The Labute approximate surface area is 94.1 Å². The average Bonchev–Trinajstić information content (AvgIpc) is 2.36. The molecule has 0 spiro atoms. The maximum absolute atomic E-state index is 10.4. The SMILES string of the molecule is Cl.Cl.Cn1cncc1CC(N)C(=O)O. The van der Waals surface area contributed by atoms with Gasteiger partial charge in [-0.2, -0.15) is 0 Å². The van der Waals surface area contributed by atoms with E-state index in [2.05, 4.69) is 4.98 Å². The Balaban J connectivity index is 0. The van der Waals surface area contributed by atoms with Gasteiger partial charge in [0, 0.05) is 25.4 Å². The average molecular weight is 242 g/mol. The highest BCUT2D eigenvalue weighted by atomic mass is 35.5. The first-order valence-electron chi connectivity index (χ1n) is 3.55. The van der Waals surface area contributed by atoms with Gasteiger partial charge >= 0.3 is 5.97 Å². The second-order valence-corrected chi connectivity index (χ2v) is 2.64. The van der Waals surface area contributed by atoms with Gasteiger partial charge in [-0.25, -0.2) is 4.98 Å². The number of hydrogen-bond donors (Lipinski definition) is 2. The van der Waals surface area contributed by atoms with Crippen molar-refractivity contribution in [2.24, 2.45) is 12.8 Å². The van der Waals surface area contributed by atoms with Crippen LogP contribution in [-0.2, 0) is 18.3 Å². The largest absolute Gasteiger partial charge is 0.480 e. The van der Waals surface area contributed by atoms with E-state index in [0.29, 0.717) is 6.42 Å². The molecule has 1 heterocycles. The van der Waals surface area contributed by atoms with Gasteiger partial charge in [-0.3, -0.25) is 4.79 Å². The highest BCUT2D eigenvalue weighted by Gasteiger charge is 2.13. The number of aliphatic carboxylic acids is 1. The topological polar surface area (TPSA) is 81.1 Å². The van der Waals surface area contributed by atoms with E-state index in [9.17, 15) is 4.79 Å². The molecule has 1 aromatic heterocycles. The fourth-order valence-corrected chi connectivity index (χ4v) is 0.894. The third kappa shape index (κ3) is 3.95. The summed E-state index contributed by atoms with van der Waals surface area (Å²) in [5.74, 6) is -0.990. The molecule has 1 rings (SSSR count). The predicted octanol–water partition coefficient (Wildman–Crippen LogP) is 0.218. The molecule has 0 radical (unpaired) electrons. The van der Waals surface area contributed by atoms with Crippen LogP contribution in [0.1, 0.15) is 5.69 Å². The Morgan fingerprint density at radius 1 is 1.71 bits per heavy atom. The summed E-state index contributed by atoms with van der Waals surface area (Å²) in [5, 5.41) is 8.52. The van der Waals surface area contributed by atoms with Crippen molar-refractivity contribution in [1.29, 1.82) is 0 Å². The fraction of sp³-hybridized carbons (Fsp3) is 0.429. The number of aromatic nitrogens is 2. The molecule has 0 bridgehead atoms. The molecule has 0 saturated heterocycles. The number of carboxylic acid groups (broad SMARTS) is 1. The number of carbonyl (C=O) groups is 1. The van der Waals surface area contributed by atoms with Gasteiger partial charge in [-0.15, -0.1) is 24.8 Å². The number of halogens is 2. The molecule has 0 aliphatic carbocycles. The number of rotatable bonds is 3. The Bertz CT molecular complexity index is 290. The summed E-state index contributed by atoms with van der Waals surface area (Å²) in [6.07, 6.45) is 3.54. The molecule has 7 heteroatoms. The van der Waals surface area contributed by atoms with Gasteiger partial charge in [-0.05, 0) is 0 Å². The quantitative estimate of drug-likeness (QED) is 0.794. The molecule has 0 aliphatic rings. The number of aryl methyl sites for hydroxylation is 1. The molecule has 0 saturated carbocycles. The molecule has 0 fully saturated rings. The van der Waals surface area contributed by atoms with E-state index in [1.807, 2.05) is 0 Å². The Hall–Kier alpha value is -0.780. The molecule has 0 amide bonds. The summed E-state index contributed by atoms with van der Waals surface area (Å²) >= 11 is 0. The molecule has 1 aromatic rings. The minimum atomic E-state index is -0.990.